The first-order valence-corrected chi connectivity index (χ1v) is 2.90. The van der Waals surface area contributed by atoms with Gasteiger partial charge >= 0.3 is 21.1 Å². The summed E-state index contributed by atoms with van der Waals surface area (Å²) in [6.07, 6.45) is 6.21. The largest absolute Gasteiger partial charge is 2.00 e. The van der Waals surface area contributed by atoms with Gasteiger partial charge in [-0.3, -0.25) is 0 Å². The van der Waals surface area contributed by atoms with Crippen LogP contribution in [0.4, 0.5) is 0 Å². The van der Waals surface area contributed by atoms with Gasteiger partial charge in [0.1, 0.15) is 6.73 Å². The molecule has 0 spiro atoms. The van der Waals surface area contributed by atoms with E-state index in [2.05, 4.69) is 11.3 Å². The molecule has 3 nitrogen and oxygen atoms in total. The Morgan fingerprint density at radius 3 is 3.00 bits per heavy atom. The third-order valence-electron chi connectivity index (χ3n) is 0.942. The summed E-state index contributed by atoms with van der Waals surface area (Å²) in [6.45, 7) is 3.24. The topological polar surface area (TPSA) is 27.1 Å². The molecule has 0 radical (unpaired) electrons. The van der Waals surface area contributed by atoms with Gasteiger partial charge in [0.2, 0.25) is 0 Å². The molecule has 1 aromatic rings. The molecule has 0 N–H and O–H groups in total. The maximum atomic E-state index is 5.07. The zero-order valence-corrected chi connectivity index (χ0v) is 8.71. The van der Waals surface area contributed by atoms with Crippen molar-refractivity contribution in [2.45, 2.75) is 13.7 Å². The first kappa shape index (κ1) is 9.86. The van der Waals surface area contributed by atoms with E-state index < -0.39 is 0 Å². The fraction of sp³-hybridized carbons (Fsp3) is 0.500. The summed E-state index contributed by atoms with van der Waals surface area (Å²) in [5.41, 5.74) is 0. The van der Waals surface area contributed by atoms with Gasteiger partial charge in [0.25, 0.3) is 0 Å². The van der Waals surface area contributed by atoms with Crippen molar-refractivity contribution in [2.24, 2.45) is 0 Å². The molecule has 0 aliphatic carbocycles. The molecule has 0 aromatic carbocycles. The van der Waals surface area contributed by atoms with Gasteiger partial charge in [-0.15, -0.1) is 12.4 Å². The van der Waals surface area contributed by atoms with Crippen molar-refractivity contribution in [2.75, 3.05) is 6.61 Å². The SMILES string of the molecule is CCOCn1[c-]ncc1.[W+2]. The van der Waals surface area contributed by atoms with Crippen molar-refractivity contribution in [3.05, 3.63) is 18.7 Å². The number of aromatic nitrogens is 2. The van der Waals surface area contributed by atoms with Crippen LogP contribution in [-0.4, -0.2) is 16.2 Å². The predicted molar refractivity (Wildman–Crippen MR) is 32.7 cm³/mol. The Labute approximate surface area is 74.7 Å². The monoisotopic (exact) mass is 309 g/mol. The number of hydrogen-bond donors (Lipinski definition) is 0. The first-order valence-electron chi connectivity index (χ1n) is 2.90. The molecule has 0 amide bonds. The van der Waals surface area contributed by atoms with Gasteiger partial charge < -0.3 is 14.3 Å². The van der Waals surface area contributed by atoms with Crippen LogP contribution < -0.4 is 0 Å². The van der Waals surface area contributed by atoms with Crippen LogP contribution in [0.5, 0.6) is 0 Å². The van der Waals surface area contributed by atoms with E-state index in [1.165, 1.54) is 0 Å². The second-order valence-electron chi connectivity index (χ2n) is 1.62. The van der Waals surface area contributed by atoms with Gasteiger partial charge in [-0.25, -0.2) is 0 Å². The smallest absolute Gasteiger partial charge is 0.433 e. The average Bonchev–Trinajstić information content (AvgIpc) is 2.34. The fourth-order valence-electron chi connectivity index (χ4n) is 0.516. The molecule has 0 saturated heterocycles. The predicted octanol–water partition coefficient (Wildman–Crippen LogP) is 0.675. The molecule has 0 aliphatic rings. The molecule has 0 aliphatic heterocycles. The minimum Gasteiger partial charge on any atom is -0.433 e. The van der Waals surface area contributed by atoms with Gasteiger partial charge in [-0.1, -0.05) is 0 Å². The van der Waals surface area contributed by atoms with E-state index in [-0.39, 0.29) is 21.1 Å². The van der Waals surface area contributed by atoms with Crippen LogP contribution in [0.1, 0.15) is 6.92 Å². The summed E-state index contributed by atoms with van der Waals surface area (Å²) < 4.78 is 6.82. The molecule has 0 fully saturated rings. The summed E-state index contributed by atoms with van der Waals surface area (Å²) in [5, 5.41) is 0. The number of imidazole rings is 1. The molecule has 0 unspecified atom stereocenters. The van der Waals surface area contributed by atoms with Crippen LogP contribution >= 0.6 is 0 Å². The number of hydrogen-bond acceptors (Lipinski definition) is 2. The van der Waals surface area contributed by atoms with Crippen molar-refractivity contribution in [1.29, 1.82) is 0 Å². The second-order valence-corrected chi connectivity index (χ2v) is 1.62. The van der Waals surface area contributed by atoms with Crippen molar-refractivity contribution >= 4 is 0 Å². The molecule has 0 saturated carbocycles. The first-order chi connectivity index (χ1) is 4.43. The van der Waals surface area contributed by atoms with Crippen molar-refractivity contribution in [3.63, 3.8) is 0 Å². The fourth-order valence-corrected chi connectivity index (χ4v) is 0.516. The molecule has 4 heteroatoms. The normalized spacial score (nSPS) is 8.90. The van der Waals surface area contributed by atoms with Gasteiger partial charge in [0, 0.05) is 12.9 Å². The van der Waals surface area contributed by atoms with Crippen LogP contribution in [0.2, 0.25) is 0 Å². The molecule has 10 heavy (non-hydrogen) atoms. The summed E-state index contributed by atoms with van der Waals surface area (Å²) in [7, 11) is 0. The molecule has 54 valence electrons. The Morgan fingerprint density at radius 1 is 1.70 bits per heavy atom. The Bertz CT molecular complexity index is 153. The average molecular weight is 309 g/mol. The third-order valence-corrected chi connectivity index (χ3v) is 0.942. The number of ether oxygens (including phenoxy) is 1. The molecular formula is C6H9N2OW+. The summed E-state index contributed by atoms with van der Waals surface area (Å²) >= 11 is 0. The third kappa shape index (κ3) is 3.14. The quantitative estimate of drug-likeness (QED) is 0.768. The van der Waals surface area contributed by atoms with Crippen LogP contribution in [-0.2, 0) is 32.5 Å². The molecule has 1 heterocycles. The maximum absolute atomic E-state index is 5.07. The second kappa shape index (κ2) is 5.63. The number of nitrogens with zero attached hydrogens (tertiary/aromatic N) is 2. The standard InChI is InChI=1S/C6H9N2O.W/c1-2-9-6-8-4-3-7-5-8;/h3-4H,2,6H2,1H3;/q-1;+2. The maximum Gasteiger partial charge on any atom is 2.00 e. The summed E-state index contributed by atoms with van der Waals surface area (Å²) in [5.74, 6) is 0. The van der Waals surface area contributed by atoms with E-state index in [9.17, 15) is 0 Å². The van der Waals surface area contributed by atoms with Gasteiger partial charge in [-0.05, 0) is 6.92 Å². The van der Waals surface area contributed by atoms with E-state index in [0.29, 0.717) is 6.73 Å². The van der Waals surface area contributed by atoms with Crippen molar-refractivity contribution in [3.8, 4) is 0 Å². The van der Waals surface area contributed by atoms with Gasteiger partial charge in [0.05, 0.1) is 0 Å². The van der Waals surface area contributed by atoms with Crippen LogP contribution in [0.25, 0.3) is 0 Å². The van der Waals surface area contributed by atoms with E-state index in [0.717, 1.165) is 6.61 Å². The van der Waals surface area contributed by atoms with Crippen LogP contribution in [0.3, 0.4) is 0 Å². The van der Waals surface area contributed by atoms with Gasteiger partial charge in [0.15, 0.2) is 0 Å². The van der Waals surface area contributed by atoms with E-state index >= 15 is 0 Å². The number of rotatable bonds is 3. The summed E-state index contributed by atoms with van der Waals surface area (Å²) in [4.78, 5) is 3.73. The minimum atomic E-state index is 0. The van der Waals surface area contributed by atoms with E-state index in [1.54, 1.807) is 10.8 Å². The molecule has 1 aromatic heterocycles. The minimum absolute atomic E-state index is 0. The van der Waals surface area contributed by atoms with Crippen molar-refractivity contribution in [1.82, 2.24) is 9.55 Å². The molecule has 1 rings (SSSR count). The Morgan fingerprint density at radius 2 is 2.50 bits per heavy atom. The molecule has 0 bridgehead atoms. The van der Waals surface area contributed by atoms with E-state index in [4.69, 9.17) is 4.74 Å². The Kier molecular flexibility index (Phi) is 5.55. The van der Waals surface area contributed by atoms with Crippen LogP contribution in [0, 0.1) is 6.33 Å². The van der Waals surface area contributed by atoms with Crippen molar-refractivity contribution < 1.29 is 25.8 Å². The molecular weight excluding hydrogens is 300 g/mol. The molecule has 0 atom stereocenters. The van der Waals surface area contributed by atoms with Crippen LogP contribution in [0.15, 0.2) is 12.4 Å². The summed E-state index contributed by atoms with van der Waals surface area (Å²) in [6, 6.07) is 0. The van der Waals surface area contributed by atoms with E-state index in [1.807, 2.05) is 13.1 Å². The Hall–Kier alpha value is -0.142. The zero-order chi connectivity index (χ0) is 6.53. The zero-order valence-electron chi connectivity index (χ0n) is 5.78. The van der Waals surface area contributed by atoms with Gasteiger partial charge in [-0.2, -0.15) is 0 Å². The Balaban J connectivity index is 0.000000810.